The fourth-order valence-corrected chi connectivity index (χ4v) is 4.47. The number of carbonyl (C=O) groups is 2. The maximum absolute atomic E-state index is 12.7. The van der Waals surface area contributed by atoms with Crippen molar-refractivity contribution in [3.05, 3.63) is 23.9 Å². The molecule has 3 heterocycles. The van der Waals surface area contributed by atoms with E-state index in [0.29, 0.717) is 12.3 Å². The van der Waals surface area contributed by atoms with E-state index in [1.807, 2.05) is 0 Å². The lowest BCUT2D eigenvalue weighted by Gasteiger charge is -2.30. The molecule has 0 N–H and O–H groups in total. The lowest BCUT2D eigenvalue weighted by Crippen LogP contribution is -2.42. The quantitative estimate of drug-likeness (QED) is 0.750. The van der Waals surface area contributed by atoms with Gasteiger partial charge in [0, 0.05) is 12.1 Å². The van der Waals surface area contributed by atoms with E-state index in [9.17, 15) is 22.8 Å². The molecule has 0 spiro atoms. The van der Waals surface area contributed by atoms with Gasteiger partial charge in [0.2, 0.25) is 5.88 Å². The number of fused-ring (bicyclic) bond motifs is 3. The summed E-state index contributed by atoms with van der Waals surface area (Å²) in [6, 6.07) is 2.81. The molecular weight excluding hydrogens is 363 g/mol. The summed E-state index contributed by atoms with van der Waals surface area (Å²) in [6.45, 7) is -0.0968. The molecule has 3 amide bonds. The Kier molecular flexibility index (Phi) is 4.47. The van der Waals surface area contributed by atoms with Crippen molar-refractivity contribution in [1.82, 2.24) is 14.8 Å². The van der Waals surface area contributed by atoms with E-state index in [2.05, 4.69) is 4.98 Å². The average molecular weight is 383 g/mol. The second-order valence-corrected chi connectivity index (χ2v) is 7.25. The van der Waals surface area contributed by atoms with Crippen LogP contribution in [0.4, 0.5) is 18.0 Å². The Morgan fingerprint density at radius 1 is 1.19 bits per heavy atom. The predicted octanol–water partition coefficient (Wildman–Crippen LogP) is 3.07. The second kappa shape index (κ2) is 6.69. The molecule has 1 saturated carbocycles. The van der Waals surface area contributed by atoms with Crippen molar-refractivity contribution in [2.75, 3.05) is 13.2 Å². The minimum Gasteiger partial charge on any atom is -0.476 e. The van der Waals surface area contributed by atoms with Crippen LogP contribution in [-0.4, -0.2) is 52.0 Å². The SMILES string of the molecule is O=C1C2CC3CCCCC3N2C(=O)N1CCOc1cccc(C(F)(F)F)n1. The number of urea groups is 1. The molecule has 0 bridgehead atoms. The number of amides is 3. The molecule has 146 valence electrons. The number of imide groups is 1. The Labute approximate surface area is 154 Å². The largest absolute Gasteiger partial charge is 0.476 e. The summed E-state index contributed by atoms with van der Waals surface area (Å²) >= 11 is 0. The zero-order chi connectivity index (χ0) is 19.2. The summed E-state index contributed by atoms with van der Waals surface area (Å²) in [7, 11) is 0. The summed E-state index contributed by atoms with van der Waals surface area (Å²) in [5.74, 6) is -0.00359. The van der Waals surface area contributed by atoms with Crippen LogP contribution >= 0.6 is 0 Å². The van der Waals surface area contributed by atoms with Gasteiger partial charge in [-0.2, -0.15) is 13.2 Å². The molecule has 9 heteroatoms. The normalized spacial score (nSPS) is 27.7. The van der Waals surface area contributed by atoms with Crippen molar-refractivity contribution >= 4 is 11.9 Å². The van der Waals surface area contributed by atoms with Crippen LogP contribution in [0.15, 0.2) is 18.2 Å². The Hall–Kier alpha value is -2.32. The Morgan fingerprint density at radius 2 is 1.96 bits per heavy atom. The Balaban J connectivity index is 1.37. The molecule has 2 saturated heterocycles. The number of halogens is 3. The number of carbonyl (C=O) groups excluding carboxylic acids is 2. The summed E-state index contributed by atoms with van der Waals surface area (Å²) in [5, 5.41) is 0. The fourth-order valence-electron chi connectivity index (χ4n) is 4.47. The van der Waals surface area contributed by atoms with Gasteiger partial charge in [0.15, 0.2) is 0 Å². The fraction of sp³-hybridized carbons (Fsp3) is 0.611. The minimum atomic E-state index is -4.55. The van der Waals surface area contributed by atoms with Gasteiger partial charge in [-0.25, -0.2) is 9.78 Å². The van der Waals surface area contributed by atoms with Crippen LogP contribution in [-0.2, 0) is 11.0 Å². The maximum Gasteiger partial charge on any atom is 0.433 e. The Bertz CT molecular complexity index is 755. The molecule has 3 aliphatic rings. The van der Waals surface area contributed by atoms with Gasteiger partial charge in [-0.05, 0) is 31.2 Å². The molecule has 4 rings (SSSR count). The van der Waals surface area contributed by atoms with Crippen LogP contribution in [0, 0.1) is 5.92 Å². The van der Waals surface area contributed by atoms with Gasteiger partial charge in [0.1, 0.15) is 18.3 Å². The van der Waals surface area contributed by atoms with E-state index in [4.69, 9.17) is 4.74 Å². The molecule has 1 aliphatic carbocycles. The van der Waals surface area contributed by atoms with Gasteiger partial charge in [0.05, 0.1) is 6.54 Å². The van der Waals surface area contributed by atoms with Crippen LogP contribution < -0.4 is 4.74 Å². The highest BCUT2D eigenvalue weighted by atomic mass is 19.4. The van der Waals surface area contributed by atoms with Crippen LogP contribution in [0.3, 0.4) is 0 Å². The van der Waals surface area contributed by atoms with Gasteiger partial charge in [-0.1, -0.05) is 18.9 Å². The average Bonchev–Trinajstić information content (AvgIpc) is 3.13. The first-order valence-corrected chi connectivity index (χ1v) is 9.17. The second-order valence-electron chi connectivity index (χ2n) is 7.25. The maximum atomic E-state index is 12.7. The third-order valence-corrected chi connectivity index (χ3v) is 5.67. The van der Waals surface area contributed by atoms with E-state index < -0.39 is 17.9 Å². The summed E-state index contributed by atoms with van der Waals surface area (Å²) < 4.78 is 43.3. The lowest BCUT2D eigenvalue weighted by atomic mass is 9.84. The summed E-state index contributed by atoms with van der Waals surface area (Å²) in [5.41, 5.74) is -1.04. The van der Waals surface area contributed by atoms with Crippen molar-refractivity contribution in [2.24, 2.45) is 5.92 Å². The first-order valence-electron chi connectivity index (χ1n) is 9.17. The van der Waals surface area contributed by atoms with Crippen molar-refractivity contribution < 1.29 is 27.5 Å². The number of hydrogen-bond acceptors (Lipinski definition) is 4. The molecular formula is C18H20F3N3O3. The van der Waals surface area contributed by atoms with Crippen LogP contribution in [0.5, 0.6) is 5.88 Å². The van der Waals surface area contributed by atoms with E-state index in [0.717, 1.165) is 36.6 Å². The molecule has 3 unspecified atom stereocenters. The van der Waals surface area contributed by atoms with Crippen LogP contribution in [0.1, 0.15) is 37.8 Å². The van der Waals surface area contributed by atoms with Crippen LogP contribution in [0.25, 0.3) is 0 Å². The molecule has 6 nitrogen and oxygen atoms in total. The molecule has 2 aliphatic heterocycles. The highest BCUT2D eigenvalue weighted by Crippen LogP contribution is 2.43. The van der Waals surface area contributed by atoms with Crippen molar-refractivity contribution in [3.63, 3.8) is 0 Å². The standard InChI is InChI=1S/C18H20F3N3O3/c19-18(20,21)14-6-3-7-15(22-14)27-9-8-23-16(25)13-10-11-4-1-2-5-12(11)24(13)17(23)26/h3,6-7,11-13H,1-2,4-5,8-10H2. The van der Waals surface area contributed by atoms with Crippen molar-refractivity contribution in [3.8, 4) is 5.88 Å². The zero-order valence-corrected chi connectivity index (χ0v) is 14.6. The number of pyridine rings is 1. The molecule has 1 aromatic heterocycles. The van der Waals surface area contributed by atoms with Gasteiger partial charge in [-0.15, -0.1) is 0 Å². The first-order chi connectivity index (χ1) is 12.9. The van der Waals surface area contributed by atoms with Gasteiger partial charge < -0.3 is 9.64 Å². The van der Waals surface area contributed by atoms with Crippen molar-refractivity contribution in [2.45, 2.75) is 50.4 Å². The first kappa shape index (κ1) is 18.1. The van der Waals surface area contributed by atoms with Crippen LogP contribution in [0.2, 0.25) is 0 Å². The number of ether oxygens (including phenoxy) is 1. The number of alkyl halides is 3. The third kappa shape index (κ3) is 3.23. The van der Waals surface area contributed by atoms with E-state index in [1.165, 1.54) is 12.1 Å². The molecule has 0 aromatic carbocycles. The molecule has 1 aromatic rings. The smallest absolute Gasteiger partial charge is 0.433 e. The topological polar surface area (TPSA) is 62.7 Å². The zero-order valence-electron chi connectivity index (χ0n) is 14.6. The Morgan fingerprint density at radius 3 is 2.74 bits per heavy atom. The third-order valence-electron chi connectivity index (χ3n) is 5.67. The van der Waals surface area contributed by atoms with Crippen molar-refractivity contribution in [1.29, 1.82) is 0 Å². The molecule has 3 fully saturated rings. The van der Waals surface area contributed by atoms with E-state index in [1.54, 1.807) is 4.90 Å². The summed E-state index contributed by atoms with van der Waals surface area (Å²) in [4.78, 5) is 31.6. The number of aromatic nitrogens is 1. The van der Waals surface area contributed by atoms with E-state index >= 15 is 0 Å². The van der Waals surface area contributed by atoms with Gasteiger partial charge in [0.25, 0.3) is 5.91 Å². The minimum absolute atomic E-state index is 0.0000210. The highest BCUT2D eigenvalue weighted by molar-refractivity contribution is 6.04. The van der Waals surface area contributed by atoms with Gasteiger partial charge in [-0.3, -0.25) is 9.69 Å². The summed E-state index contributed by atoms with van der Waals surface area (Å²) in [6.07, 6.45) is 0.354. The highest BCUT2D eigenvalue weighted by Gasteiger charge is 2.55. The van der Waals surface area contributed by atoms with Gasteiger partial charge >= 0.3 is 12.2 Å². The van der Waals surface area contributed by atoms with E-state index in [-0.39, 0.29) is 37.0 Å². The number of rotatable bonds is 4. The molecule has 3 atom stereocenters. The monoisotopic (exact) mass is 383 g/mol. The lowest BCUT2D eigenvalue weighted by molar-refractivity contribution is -0.141. The predicted molar refractivity (Wildman–Crippen MR) is 87.8 cm³/mol. The molecule has 27 heavy (non-hydrogen) atoms. The number of hydrogen-bond donors (Lipinski definition) is 0. The molecule has 0 radical (unpaired) electrons. The number of nitrogens with zero attached hydrogens (tertiary/aromatic N) is 3.